The van der Waals surface area contributed by atoms with Crippen LogP contribution >= 0.6 is 0 Å². The maximum absolute atomic E-state index is 11.7. The van der Waals surface area contributed by atoms with E-state index in [1.54, 1.807) is 0 Å². The Hall–Kier alpha value is -1.32. The summed E-state index contributed by atoms with van der Waals surface area (Å²) in [4.78, 5) is 23.4. The monoisotopic (exact) mass is 310 g/mol. The van der Waals surface area contributed by atoms with Crippen molar-refractivity contribution in [1.82, 2.24) is 0 Å². The first-order valence-corrected chi connectivity index (χ1v) is 8.53. The number of carbonyl (C=O) groups is 2. The number of carbonyl (C=O) groups excluding carboxylic acids is 2. The molecule has 0 bridgehead atoms. The standard InChI is InChI=1S/C18H30O4/c1-4-16(14(2)3)22-18(20)12-8-11-17(19)21-13-15-9-6-5-7-10-15/h5-6,14-16H,4,7-13H2,1-3H3. The molecule has 0 heterocycles. The molecule has 4 heteroatoms. The van der Waals surface area contributed by atoms with Crippen LogP contribution in [-0.4, -0.2) is 24.6 Å². The zero-order valence-corrected chi connectivity index (χ0v) is 14.2. The molecule has 4 nitrogen and oxygen atoms in total. The van der Waals surface area contributed by atoms with Gasteiger partial charge in [0.05, 0.1) is 6.61 Å². The molecule has 1 rings (SSSR count). The molecule has 0 fully saturated rings. The van der Waals surface area contributed by atoms with Gasteiger partial charge in [-0.3, -0.25) is 9.59 Å². The van der Waals surface area contributed by atoms with E-state index in [9.17, 15) is 9.59 Å². The summed E-state index contributed by atoms with van der Waals surface area (Å²) in [6.45, 7) is 6.59. The van der Waals surface area contributed by atoms with E-state index in [1.807, 2.05) is 20.8 Å². The Labute approximate surface area is 134 Å². The Balaban J connectivity index is 2.11. The van der Waals surface area contributed by atoms with Crippen LogP contribution in [0.5, 0.6) is 0 Å². The lowest BCUT2D eigenvalue weighted by atomic mass is 9.95. The van der Waals surface area contributed by atoms with Crippen molar-refractivity contribution in [3.05, 3.63) is 12.2 Å². The molecule has 2 atom stereocenters. The molecule has 0 saturated heterocycles. The SMILES string of the molecule is CCC(OC(=O)CCCC(=O)OCC1CC=CCC1)C(C)C. The summed E-state index contributed by atoms with van der Waals surface area (Å²) in [5.41, 5.74) is 0. The normalized spacial score (nSPS) is 19.0. The number of esters is 2. The Morgan fingerprint density at radius 2 is 1.91 bits per heavy atom. The van der Waals surface area contributed by atoms with E-state index in [0.717, 1.165) is 25.7 Å². The summed E-state index contributed by atoms with van der Waals surface area (Å²) >= 11 is 0. The first-order valence-electron chi connectivity index (χ1n) is 8.53. The molecular formula is C18H30O4. The van der Waals surface area contributed by atoms with Gasteiger partial charge in [0.25, 0.3) is 0 Å². The highest BCUT2D eigenvalue weighted by molar-refractivity contribution is 5.72. The highest BCUT2D eigenvalue weighted by atomic mass is 16.5. The first kappa shape index (κ1) is 18.7. The molecule has 1 aliphatic rings. The van der Waals surface area contributed by atoms with Gasteiger partial charge in [-0.05, 0) is 43.9 Å². The van der Waals surface area contributed by atoms with E-state index >= 15 is 0 Å². The predicted molar refractivity (Wildman–Crippen MR) is 86.3 cm³/mol. The van der Waals surface area contributed by atoms with Crippen molar-refractivity contribution in [2.75, 3.05) is 6.61 Å². The summed E-state index contributed by atoms with van der Waals surface area (Å²) in [5.74, 6) is 0.350. The van der Waals surface area contributed by atoms with Crippen LogP contribution < -0.4 is 0 Å². The van der Waals surface area contributed by atoms with Gasteiger partial charge in [0, 0.05) is 12.8 Å². The van der Waals surface area contributed by atoms with Crippen LogP contribution in [0.25, 0.3) is 0 Å². The van der Waals surface area contributed by atoms with Crippen molar-refractivity contribution in [2.24, 2.45) is 11.8 Å². The van der Waals surface area contributed by atoms with Crippen molar-refractivity contribution in [3.63, 3.8) is 0 Å². The summed E-state index contributed by atoms with van der Waals surface area (Å²) in [6.07, 6.45) is 9.33. The second kappa shape index (κ2) is 10.4. The van der Waals surface area contributed by atoms with Crippen LogP contribution in [0.2, 0.25) is 0 Å². The van der Waals surface area contributed by atoms with Gasteiger partial charge >= 0.3 is 11.9 Å². The van der Waals surface area contributed by atoms with Gasteiger partial charge < -0.3 is 9.47 Å². The van der Waals surface area contributed by atoms with Crippen LogP contribution in [0.3, 0.4) is 0 Å². The van der Waals surface area contributed by atoms with E-state index in [1.165, 1.54) is 0 Å². The van der Waals surface area contributed by atoms with Gasteiger partial charge in [0.1, 0.15) is 6.10 Å². The second-order valence-electron chi connectivity index (χ2n) is 6.37. The van der Waals surface area contributed by atoms with Crippen molar-refractivity contribution in [2.45, 2.75) is 71.8 Å². The predicted octanol–water partition coefficient (Wildman–Crippen LogP) is 4.03. The largest absolute Gasteiger partial charge is 0.465 e. The molecule has 22 heavy (non-hydrogen) atoms. The molecule has 0 radical (unpaired) electrons. The van der Waals surface area contributed by atoms with Gasteiger partial charge in [0.2, 0.25) is 0 Å². The summed E-state index contributed by atoms with van der Waals surface area (Å²) in [5, 5.41) is 0. The second-order valence-corrected chi connectivity index (χ2v) is 6.37. The van der Waals surface area contributed by atoms with E-state index < -0.39 is 0 Å². The lowest BCUT2D eigenvalue weighted by Crippen LogP contribution is -2.22. The molecule has 0 aliphatic heterocycles. The first-order chi connectivity index (χ1) is 10.5. The lowest BCUT2D eigenvalue weighted by molar-refractivity contribution is -0.152. The minimum absolute atomic E-state index is 0.0289. The van der Waals surface area contributed by atoms with Crippen molar-refractivity contribution >= 4 is 11.9 Å². The number of hydrogen-bond acceptors (Lipinski definition) is 4. The topological polar surface area (TPSA) is 52.6 Å². The molecule has 1 aliphatic carbocycles. The van der Waals surface area contributed by atoms with E-state index in [0.29, 0.717) is 24.9 Å². The minimum atomic E-state index is -0.217. The number of allylic oxidation sites excluding steroid dienone is 2. The lowest BCUT2D eigenvalue weighted by Gasteiger charge is -2.19. The highest BCUT2D eigenvalue weighted by Gasteiger charge is 2.17. The zero-order valence-electron chi connectivity index (χ0n) is 14.2. The van der Waals surface area contributed by atoms with Crippen LogP contribution in [0.1, 0.15) is 65.7 Å². The fraction of sp³-hybridized carbons (Fsp3) is 0.778. The molecule has 126 valence electrons. The fourth-order valence-electron chi connectivity index (χ4n) is 2.59. The van der Waals surface area contributed by atoms with Crippen molar-refractivity contribution < 1.29 is 19.1 Å². The molecule has 0 aromatic heterocycles. The summed E-state index contributed by atoms with van der Waals surface area (Å²) in [7, 11) is 0. The quantitative estimate of drug-likeness (QED) is 0.476. The maximum Gasteiger partial charge on any atom is 0.306 e. The Bertz CT molecular complexity index is 373. The zero-order chi connectivity index (χ0) is 16.4. The third-order valence-corrected chi connectivity index (χ3v) is 4.05. The van der Waals surface area contributed by atoms with Crippen LogP contribution in [0, 0.1) is 11.8 Å². The Morgan fingerprint density at radius 3 is 2.50 bits per heavy atom. The summed E-state index contributed by atoms with van der Waals surface area (Å²) < 4.78 is 10.7. The summed E-state index contributed by atoms with van der Waals surface area (Å²) in [6, 6.07) is 0. The van der Waals surface area contributed by atoms with Gasteiger partial charge in [-0.15, -0.1) is 0 Å². The Kier molecular flexibility index (Phi) is 8.86. The van der Waals surface area contributed by atoms with E-state index in [2.05, 4.69) is 12.2 Å². The maximum atomic E-state index is 11.7. The fourth-order valence-corrected chi connectivity index (χ4v) is 2.59. The van der Waals surface area contributed by atoms with Crippen LogP contribution in [0.15, 0.2) is 12.2 Å². The van der Waals surface area contributed by atoms with E-state index in [-0.39, 0.29) is 30.9 Å². The molecule has 0 spiro atoms. The smallest absolute Gasteiger partial charge is 0.306 e. The van der Waals surface area contributed by atoms with E-state index in [4.69, 9.17) is 9.47 Å². The number of ether oxygens (including phenoxy) is 2. The van der Waals surface area contributed by atoms with Gasteiger partial charge in [-0.25, -0.2) is 0 Å². The third-order valence-electron chi connectivity index (χ3n) is 4.05. The number of hydrogen-bond donors (Lipinski definition) is 0. The van der Waals surface area contributed by atoms with Gasteiger partial charge in [0.15, 0.2) is 0 Å². The molecule has 0 N–H and O–H groups in total. The highest BCUT2D eigenvalue weighted by Crippen LogP contribution is 2.18. The average molecular weight is 310 g/mol. The van der Waals surface area contributed by atoms with Gasteiger partial charge in [-0.1, -0.05) is 32.9 Å². The molecular weight excluding hydrogens is 280 g/mol. The van der Waals surface area contributed by atoms with Crippen molar-refractivity contribution in [3.8, 4) is 0 Å². The molecule has 0 aromatic carbocycles. The Morgan fingerprint density at radius 1 is 1.18 bits per heavy atom. The molecule has 2 unspecified atom stereocenters. The third kappa shape index (κ3) is 7.62. The number of rotatable bonds is 9. The average Bonchev–Trinajstić information content (AvgIpc) is 2.51. The van der Waals surface area contributed by atoms with Crippen LogP contribution in [0.4, 0.5) is 0 Å². The van der Waals surface area contributed by atoms with Crippen molar-refractivity contribution in [1.29, 1.82) is 0 Å². The molecule has 0 aromatic rings. The van der Waals surface area contributed by atoms with Crippen LogP contribution in [-0.2, 0) is 19.1 Å². The van der Waals surface area contributed by atoms with Gasteiger partial charge in [-0.2, -0.15) is 0 Å². The molecule has 0 amide bonds. The minimum Gasteiger partial charge on any atom is -0.465 e. The molecule has 0 saturated carbocycles.